The van der Waals surface area contributed by atoms with Crippen LogP contribution in [-0.4, -0.2) is 18.5 Å². The lowest BCUT2D eigenvalue weighted by Gasteiger charge is -2.31. The van der Waals surface area contributed by atoms with Crippen LogP contribution in [-0.2, 0) is 14.3 Å². The van der Waals surface area contributed by atoms with E-state index in [2.05, 4.69) is 0 Å². The molecule has 0 aliphatic carbocycles. The van der Waals surface area contributed by atoms with Crippen molar-refractivity contribution in [3.05, 3.63) is 76.5 Å². The number of rotatable bonds is 2. The largest absolute Gasteiger partial charge is 0.456 e. The summed E-state index contributed by atoms with van der Waals surface area (Å²) in [6.07, 6.45) is 0.211. The molecule has 2 aliphatic rings. The highest BCUT2D eigenvalue weighted by molar-refractivity contribution is 6.30. The minimum Gasteiger partial charge on any atom is -0.456 e. The van der Waals surface area contributed by atoms with E-state index in [1.54, 1.807) is 17.0 Å². The maximum absolute atomic E-state index is 12.8. The maximum Gasteiger partial charge on any atom is 0.336 e. The molecule has 24 heavy (non-hydrogen) atoms. The second kappa shape index (κ2) is 5.80. The Kier molecular flexibility index (Phi) is 3.62. The van der Waals surface area contributed by atoms with E-state index in [9.17, 15) is 9.59 Å². The number of hydrogen-bond donors (Lipinski definition) is 0. The number of amides is 1. The van der Waals surface area contributed by atoms with Crippen molar-refractivity contribution in [1.29, 1.82) is 0 Å². The van der Waals surface area contributed by atoms with Crippen molar-refractivity contribution in [2.45, 2.75) is 12.3 Å². The Labute approximate surface area is 144 Å². The molecule has 120 valence electrons. The van der Waals surface area contributed by atoms with E-state index in [4.69, 9.17) is 16.3 Å². The molecule has 2 heterocycles. The van der Waals surface area contributed by atoms with Crippen molar-refractivity contribution < 1.29 is 14.3 Å². The van der Waals surface area contributed by atoms with Crippen LogP contribution in [0.1, 0.15) is 17.9 Å². The van der Waals surface area contributed by atoms with Gasteiger partial charge in [0.25, 0.3) is 0 Å². The van der Waals surface area contributed by atoms with Crippen LogP contribution in [0.2, 0.25) is 5.02 Å². The second-order valence-corrected chi connectivity index (χ2v) is 6.25. The summed E-state index contributed by atoms with van der Waals surface area (Å²) in [7, 11) is 0. The third-order valence-electron chi connectivity index (χ3n) is 4.38. The fourth-order valence-electron chi connectivity index (χ4n) is 3.34. The van der Waals surface area contributed by atoms with E-state index in [1.165, 1.54) is 0 Å². The van der Waals surface area contributed by atoms with E-state index < -0.39 is 0 Å². The molecule has 0 saturated heterocycles. The smallest absolute Gasteiger partial charge is 0.336 e. The van der Waals surface area contributed by atoms with Crippen LogP contribution in [0.3, 0.4) is 0 Å². The first-order chi connectivity index (χ1) is 11.6. The molecule has 1 amide bonds. The summed E-state index contributed by atoms with van der Waals surface area (Å²) >= 11 is 6.08. The van der Waals surface area contributed by atoms with Crippen LogP contribution in [0.15, 0.2) is 65.9 Å². The molecule has 0 bridgehead atoms. The summed E-state index contributed by atoms with van der Waals surface area (Å²) in [5, 5.41) is 0.582. The summed E-state index contributed by atoms with van der Waals surface area (Å²) in [6.45, 7) is 0.117. The first kappa shape index (κ1) is 15.0. The molecule has 1 atom stereocenters. The van der Waals surface area contributed by atoms with Gasteiger partial charge in [-0.1, -0.05) is 41.9 Å². The number of carbonyl (C=O) groups excluding carboxylic acids is 2. The van der Waals surface area contributed by atoms with Gasteiger partial charge in [0.05, 0.1) is 11.3 Å². The third kappa shape index (κ3) is 2.39. The maximum atomic E-state index is 12.8. The molecule has 0 saturated carbocycles. The summed E-state index contributed by atoms with van der Waals surface area (Å²) in [5.74, 6) is -0.729. The normalized spacial score (nSPS) is 20.2. The number of esters is 1. The number of para-hydroxylation sites is 1. The Morgan fingerprint density at radius 1 is 1.04 bits per heavy atom. The predicted molar refractivity (Wildman–Crippen MR) is 90.7 cm³/mol. The predicted octanol–water partition coefficient (Wildman–Crippen LogP) is 3.67. The van der Waals surface area contributed by atoms with Crippen LogP contribution in [0.25, 0.3) is 0 Å². The molecule has 1 unspecified atom stereocenters. The Morgan fingerprint density at radius 3 is 2.58 bits per heavy atom. The third-order valence-corrected chi connectivity index (χ3v) is 4.62. The van der Waals surface area contributed by atoms with E-state index in [-0.39, 0.29) is 30.8 Å². The quantitative estimate of drug-likeness (QED) is 0.784. The lowest BCUT2D eigenvalue weighted by molar-refractivity contribution is -0.136. The van der Waals surface area contributed by atoms with Crippen LogP contribution in [0.5, 0.6) is 0 Å². The average Bonchev–Trinajstić information content (AvgIpc) is 2.96. The summed E-state index contributed by atoms with van der Waals surface area (Å²) < 4.78 is 5.24. The number of benzene rings is 2. The van der Waals surface area contributed by atoms with Crippen LogP contribution >= 0.6 is 11.6 Å². The zero-order valence-corrected chi connectivity index (χ0v) is 13.5. The van der Waals surface area contributed by atoms with Crippen molar-refractivity contribution in [2.75, 3.05) is 11.5 Å². The lowest BCUT2D eigenvalue weighted by Crippen LogP contribution is -2.37. The van der Waals surface area contributed by atoms with E-state index in [0.717, 1.165) is 11.3 Å². The van der Waals surface area contributed by atoms with Crippen molar-refractivity contribution in [1.82, 2.24) is 0 Å². The Hall–Kier alpha value is -2.59. The molecule has 0 N–H and O–H groups in total. The lowest BCUT2D eigenvalue weighted by atomic mass is 9.84. The standard InChI is InChI=1S/C19H14ClNO3/c20-13-6-4-5-12(9-13)15-10-17(22)21(14-7-2-1-3-8-14)16-11-24-19(23)18(15)16/h1-9,15H,10-11H2. The molecule has 0 spiro atoms. The second-order valence-electron chi connectivity index (χ2n) is 5.81. The molecule has 0 aromatic heterocycles. The Bertz CT molecular complexity index is 860. The molecule has 0 fully saturated rings. The van der Waals surface area contributed by atoms with Crippen molar-refractivity contribution in [2.24, 2.45) is 0 Å². The van der Waals surface area contributed by atoms with Gasteiger partial charge in [0.2, 0.25) is 5.91 Å². The topological polar surface area (TPSA) is 46.6 Å². The Morgan fingerprint density at radius 2 is 1.83 bits per heavy atom. The van der Waals surface area contributed by atoms with Crippen LogP contribution < -0.4 is 4.90 Å². The van der Waals surface area contributed by atoms with Crippen molar-refractivity contribution in [3.8, 4) is 0 Å². The molecule has 2 aromatic carbocycles. The minimum atomic E-state index is -0.358. The summed E-state index contributed by atoms with van der Waals surface area (Å²) in [4.78, 5) is 26.7. The zero-order valence-electron chi connectivity index (χ0n) is 12.7. The van der Waals surface area contributed by atoms with Crippen molar-refractivity contribution >= 4 is 29.2 Å². The van der Waals surface area contributed by atoms with Gasteiger partial charge < -0.3 is 4.74 Å². The van der Waals surface area contributed by atoms with Gasteiger partial charge in [-0.2, -0.15) is 0 Å². The molecule has 2 aromatic rings. The van der Waals surface area contributed by atoms with E-state index >= 15 is 0 Å². The fourth-order valence-corrected chi connectivity index (χ4v) is 3.54. The van der Waals surface area contributed by atoms with Crippen LogP contribution in [0.4, 0.5) is 5.69 Å². The minimum absolute atomic E-state index is 0.0526. The number of hydrogen-bond acceptors (Lipinski definition) is 3. The molecule has 4 rings (SSSR count). The van der Waals surface area contributed by atoms with Gasteiger partial charge in [-0.3, -0.25) is 9.69 Å². The molecule has 4 nitrogen and oxygen atoms in total. The first-order valence-electron chi connectivity index (χ1n) is 7.69. The zero-order chi connectivity index (χ0) is 16.7. The average molecular weight is 340 g/mol. The van der Waals surface area contributed by atoms with Gasteiger partial charge in [-0.15, -0.1) is 0 Å². The molecule has 5 heteroatoms. The molecule has 2 aliphatic heterocycles. The number of cyclic esters (lactones) is 1. The fraction of sp³-hybridized carbons (Fsp3) is 0.158. The number of ether oxygens (including phenoxy) is 1. The van der Waals surface area contributed by atoms with Gasteiger partial charge in [0.1, 0.15) is 6.61 Å². The number of carbonyl (C=O) groups is 2. The van der Waals surface area contributed by atoms with Gasteiger partial charge in [0, 0.05) is 23.0 Å². The van der Waals surface area contributed by atoms with Crippen LogP contribution in [0, 0.1) is 0 Å². The van der Waals surface area contributed by atoms with Gasteiger partial charge in [0.15, 0.2) is 0 Å². The first-order valence-corrected chi connectivity index (χ1v) is 8.06. The highest BCUT2D eigenvalue weighted by atomic mass is 35.5. The number of nitrogens with zero attached hydrogens (tertiary/aromatic N) is 1. The highest BCUT2D eigenvalue weighted by Crippen LogP contribution is 2.42. The Balaban J connectivity index is 1.84. The molecular formula is C19H14ClNO3. The number of anilines is 1. The van der Waals surface area contributed by atoms with E-state index in [0.29, 0.717) is 16.3 Å². The summed E-state index contributed by atoms with van der Waals surface area (Å²) in [5.41, 5.74) is 2.79. The summed E-state index contributed by atoms with van der Waals surface area (Å²) in [6, 6.07) is 16.6. The monoisotopic (exact) mass is 339 g/mol. The molecular weight excluding hydrogens is 326 g/mol. The van der Waals surface area contributed by atoms with E-state index in [1.807, 2.05) is 42.5 Å². The van der Waals surface area contributed by atoms with Crippen molar-refractivity contribution in [3.63, 3.8) is 0 Å². The van der Waals surface area contributed by atoms with Gasteiger partial charge in [-0.05, 0) is 29.8 Å². The van der Waals surface area contributed by atoms with Gasteiger partial charge in [-0.25, -0.2) is 4.79 Å². The number of halogens is 1. The molecule has 0 radical (unpaired) electrons. The van der Waals surface area contributed by atoms with Gasteiger partial charge >= 0.3 is 5.97 Å². The SMILES string of the molecule is O=C1OCC2=C1C(c1cccc(Cl)c1)CC(=O)N2c1ccccc1. The highest BCUT2D eigenvalue weighted by Gasteiger charge is 2.42.